The van der Waals surface area contributed by atoms with Gasteiger partial charge in [-0.2, -0.15) is 0 Å². The lowest BCUT2D eigenvalue weighted by molar-refractivity contribution is -0.160. The van der Waals surface area contributed by atoms with Crippen LogP contribution in [-0.4, -0.2) is 54.0 Å². The number of rotatable bonds is 5. The molecule has 0 aliphatic carbocycles. The number of nitrogens with zero attached hydrogens (tertiary/aromatic N) is 1. The topological polar surface area (TPSA) is 124 Å². The van der Waals surface area contributed by atoms with E-state index in [4.69, 9.17) is 9.66 Å². The molecule has 0 aromatic rings. The number of carbonyl (C=O) groups is 3. The molecule has 0 spiro atoms. The SMILES string of the molecule is C=C(C)C(C(=O)O)N1C(=O)C(NC(C)=O)C1S(=O)O. The third-order valence-corrected chi connectivity index (χ3v) is 3.54. The van der Waals surface area contributed by atoms with E-state index < -0.39 is 46.3 Å². The number of hydrogen-bond donors (Lipinski definition) is 3. The predicted molar refractivity (Wildman–Crippen MR) is 65.2 cm³/mol. The lowest BCUT2D eigenvalue weighted by Gasteiger charge is -2.47. The molecule has 1 fully saturated rings. The van der Waals surface area contributed by atoms with Crippen LogP contribution in [-0.2, 0) is 25.5 Å². The first-order chi connectivity index (χ1) is 8.68. The van der Waals surface area contributed by atoms with Gasteiger partial charge >= 0.3 is 5.97 Å². The molecule has 0 bridgehead atoms. The summed E-state index contributed by atoms with van der Waals surface area (Å²) in [5, 5.41) is 9.96. The zero-order chi connectivity index (χ0) is 14.9. The Hall–Kier alpha value is -1.74. The monoisotopic (exact) mass is 290 g/mol. The average Bonchev–Trinajstić information content (AvgIpc) is 2.24. The zero-order valence-corrected chi connectivity index (χ0v) is 11.1. The largest absolute Gasteiger partial charge is 0.479 e. The van der Waals surface area contributed by atoms with Gasteiger partial charge in [0, 0.05) is 6.92 Å². The van der Waals surface area contributed by atoms with Crippen molar-refractivity contribution in [3.63, 3.8) is 0 Å². The van der Waals surface area contributed by atoms with Gasteiger partial charge in [0.2, 0.25) is 5.91 Å². The highest BCUT2D eigenvalue weighted by Crippen LogP contribution is 2.28. The Bertz CT molecular complexity index is 463. The fraction of sp³-hybridized carbons (Fsp3) is 0.500. The van der Waals surface area contributed by atoms with Gasteiger partial charge in [-0.1, -0.05) is 6.58 Å². The smallest absolute Gasteiger partial charge is 0.330 e. The summed E-state index contributed by atoms with van der Waals surface area (Å²) >= 11 is -2.49. The first-order valence-electron chi connectivity index (χ1n) is 5.25. The third-order valence-electron chi connectivity index (χ3n) is 2.62. The van der Waals surface area contributed by atoms with E-state index in [0.29, 0.717) is 0 Å². The number of amides is 2. The van der Waals surface area contributed by atoms with Gasteiger partial charge in [-0.05, 0) is 12.5 Å². The predicted octanol–water partition coefficient (Wildman–Crippen LogP) is -1.09. The molecule has 8 nitrogen and oxygen atoms in total. The van der Waals surface area contributed by atoms with Crippen LogP contribution >= 0.6 is 0 Å². The van der Waals surface area contributed by atoms with Crippen LogP contribution in [0.5, 0.6) is 0 Å². The molecule has 3 N–H and O–H groups in total. The first kappa shape index (κ1) is 15.3. The molecule has 0 aromatic carbocycles. The van der Waals surface area contributed by atoms with Gasteiger partial charge in [0.25, 0.3) is 5.91 Å². The van der Waals surface area contributed by atoms with Crippen LogP contribution in [0, 0.1) is 0 Å². The Morgan fingerprint density at radius 3 is 2.32 bits per heavy atom. The van der Waals surface area contributed by atoms with E-state index in [-0.39, 0.29) is 5.57 Å². The Morgan fingerprint density at radius 1 is 1.47 bits per heavy atom. The molecule has 1 rings (SSSR count). The minimum absolute atomic E-state index is 0.151. The number of aliphatic carboxylic acids is 1. The maximum atomic E-state index is 11.8. The Kier molecular flexibility index (Phi) is 4.43. The van der Waals surface area contributed by atoms with Crippen LogP contribution in [0.3, 0.4) is 0 Å². The Labute approximate surface area is 111 Å². The molecular weight excluding hydrogens is 276 g/mol. The molecule has 4 unspecified atom stereocenters. The van der Waals surface area contributed by atoms with E-state index in [0.717, 1.165) is 11.8 Å². The van der Waals surface area contributed by atoms with Crippen LogP contribution in [0.25, 0.3) is 0 Å². The van der Waals surface area contributed by atoms with Gasteiger partial charge in [-0.3, -0.25) is 9.59 Å². The van der Waals surface area contributed by atoms with Crippen molar-refractivity contribution in [3.8, 4) is 0 Å². The van der Waals surface area contributed by atoms with Gasteiger partial charge in [0.05, 0.1) is 0 Å². The highest BCUT2D eigenvalue weighted by molar-refractivity contribution is 7.80. The molecule has 0 radical (unpaired) electrons. The van der Waals surface area contributed by atoms with Crippen molar-refractivity contribution in [1.29, 1.82) is 0 Å². The van der Waals surface area contributed by atoms with E-state index in [1.165, 1.54) is 6.92 Å². The molecule has 2 amide bonds. The van der Waals surface area contributed by atoms with Gasteiger partial charge < -0.3 is 19.9 Å². The van der Waals surface area contributed by atoms with Crippen LogP contribution < -0.4 is 5.32 Å². The summed E-state index contributed by atoms with van der Waals surface area (Å²) < 4.78 is 20.4. The number of carboxylic acids is 1. The van der Waals surface area contributed by atoms with Crippen LogP contribution in [0.1, 0.15) is 13.8 Å². The maximum absolute atomic E-state index is 11.8. The number of likely N-dealkylation sites (tertiary alicyclic amines) is 1. The molecule has 4 atom stereocenters. The summed E-state index contributed by atoms with van der Waals surface area (Å²) in [7, 11) is 0. The lowest BCUT2D eigenvalue weighted by atomic mass is 9.99. The first-order valence-corrected chi connectivity index (χ1v) is 6.42. The van der Waals surface area contributed by atoms with Crippen LogP contribution in [0.15, 0.2) is 12.2 Å². The minimum Gasteiger partial charge on any atom is -0.479 e. The average molecular weight is 290 g/mol. The zero-order valence-electron chi connectivity index (χ0n) is 10.3. The van der Waals surface area contributed by atoms with Crippen molar-refractivity contribution in [1.82, 2.24) is 10.2 Å². The van der Waals surface area contributed by atoms with Crippen molar-refractivity contribution in [2.24, 2.45) is 0 Å². The van der Waals surface area contributed by atoms with Crippen molar-refractivity contribution < 1.29 is 28.3 Å². The fourth-order valence-corrected chi connectivity index (χ4v) is 2.73. The number of nitrogens with one attached hydrogen (secondary N) is 1. The van der Waals surface area contributed by atoms with E-state index in [1.807, 2.05) is 0 Å². The fourth-order valence-electron chi connectivity index (χ4n) is 1.89. The van der Waals surface area contributed by atoms with E-state index in [9.17, 15) is 18.6 Å². The molecule has 19 heavy (non-hydrogen) atoms. The molecule has 1 aliphatic rings. The van der Waals surface area contributed by atoms with Crippen molar-refractivity contribution in [3.05, 3.63) is 12.2 Å². The second-order valence-electron chi connectivity index (χ2n) is 4.18. The van der Waals surface area contributed by atoms with Crippen molar-refractivity contribution in [2.75, 3.05) is 0 Å². The quantitative estimate of drug-likeness (QED) is 0.336. The summed E-state index contributed by atoms with van der Waals surface area (Å²) in [6, 6.07) is -2.58. The van der Waals surface area contributed by atoms with E-state index >= 15 is 0 Å². The minimum atomic E-state index is -2.49. The van der Waals surface area contributed by atoms with E-state index in [1.54, 1.807) is 0 Å². The second kappa shape index (κ2) is 5.49. The third kappa shape index (κ3) is 2.82. The number of carboxylic acid groups (broad SMARTS) is 1. The lowest BCUT2D eigenvalue weighted by Crippen LogP contribution is -2.75. The summed E-state index contributed by atoms with van der Waals surface area (Å²) in [4.78, 5) is 34.6. The molecule has 9 heteroatoms. The summed E-state index contributed by atoms with van der Waals surface area (Å²) in [6.07, 6.45) is 0. The molecule has 1 saturated heterocycles. The van der Waals surface area contributed by atoms with Gasteiger partial charge in [0.15, 0.2) is 22.5 Å². The van der Waals surface area contributed by atoms with E-state index in [2.05, 4.69) is 11.9 Å². The molecule has 1 aliphatic heterocycles. The molecule has 1 heterocycles. The van der Waals surface area contributed by atoms with Gasteiger partial charge in [-0.15, -0.1) is 0 Å². The van der Waals surface area contributed by atoms with Crippen molar-refractivity contribution >= 4 is 28.9 Å². The Balaban J connectivity index is 3.05. The van der Waals surface area contributed by atoms with Crippen molar-refractivity contribution in [2.45, 2.75) is 31.3 Å². The highest BCUT2D eigenvalue weighted by Gasteiger charge is 2.56. The highest BCUT2D eigenvalue weighted by atomic mass is 32.2. The summed E-state index contributed by atoms with van der Waals surface area (Å²) in [5.74, 6) is -2.62. The van der Waals surface area contributed by atoms with Gasteiger partial charge in [0.1, 0.15) is 6.04 Å². The maximum Gasteiger partial charge on any atom is 0.330 e. The number of β-lactam (4-membered cyclic amide) rings is 1. The molecule has 106 valence electrons. The molecule has 0 saturated carbocycles. The van der Waals surface area contributed by atoms with Crippen LogP contribution in [0.2, 0.25) is 0 Å². The standard InChI is InChI=1S/C10H14N2O6S/c1-4(2)7(10(15)16)12-8(14)6(11-5(3)13)9(12)19(17)18/h6-7,9H,1H2,2-3H3,(H,11,13)(H,15,16)(H,17,18). The van der Waals surface area contributed by atoms with Crippen LogP contribution in [0.4, 0.5) is 0 Å². The summed E-state index contributed by atoms with van der Waals surface area (Å²) in [5.41, 5.74) is 0.151. The number of hydrogen-bond acceptors (Lipinski definition) is 4. The molecular formula is C10H14N2O6S. The normalized spacial score (nSPS) is 25.2. The van der Waals surface area contributed by atoms with Gasteiger partial charge in [-0.25, -0.2) is 9.00 Å². The summed E-state index contributed by atoms with van der Waals surface area (Å²) in [6.45, 7) is 6.00. The molecule has 0 aromatic heterocycles. The second-order valence-corrected chi connectivity index (χ2v) is 5.21. The number of carbonyl (C=O) groups excluding carboxylic acids is 2. The Morgan fingerprint density at radius 2 is 2.00 bits per heavy atom.